The Labute approximate surface area is 136 Å². The molecule has 1 saturated carbocycles. The maximum atomic E-state index is 12.8. The van der Waals surface area contributed by atoms with Crippen molar-refractivity contribution in [3.05, 3.63) is 52.7 Å². The first-order valence-electron chi connectivity index (χ1n) is 6.45. The number of nitrogens with two attached hydrogens (primary N) is 1. The number of alkyl halides is 3. The van der Waals surface area contributed by atoms with Crippen LogP contribution in [0, 0.1) is 0 Å². The minimum atomic E-state index is -4.40. The SMILES string of the molecule is Cl.NC1CC1c1ccc(-c2cc(C(F)(F)F)ccc2Cl)nc1. The van der Waals surface area contributed by atoms with Gasteiger partial charge in [0.1, 0.15) is 0 Å². The van der Waals surface area contributed by atoms with Gasteiger partial charge in [0.2, 0.25) is 0 Å². The predicted molar refractivity (Wildman–Crippen MR) is 82.3 cm³/mol. The van der Waals surface area contributed by atoms with Gasteiger partial charge in [0.25, 0.3) is 0 Å². The molecule has 0 radical (unpaired) electrons. The highest BCUT2D eigenvalue weighted by Crippen LogP contribution is 2.40. The second-order valence-electron chi connectivity index (χ2n) is 5.18. The van der Waals surface area contributed by atoms with Gasteiger partial charge in [-0.05, 0) is 36.2 Å². The summed E-state index contributed by atoms with van der Waals surface area (Å²) in [6.45, 7) is 0. The number of halogens is 5. The van der Waals surface area contributed by atoms with Crippen molar-refractivity contribution in [2.24, 2.45) is 5.73 Å². The third-order valence-electron chi connectivity index (χ3n) is 3.62. The van der Waals surface area contributed by atoms with Crippen LogP contribution in [0.3, 0.4) is 0 Å². The molecule has 2 atom stereocenters. The zero-order valence-electron chi connectivity index (χ0n) is 11.3. The van der Waals surface area contributed by atoms with Gasteiger partial charge in [0.05, 0.1) is 11.3 Å². The predicted octanol–water partition coefficient (Wildman–Crippen LogP) is 4.66. The lowest BCUT2D eigenvalue weighted by atomic mass is 10.1. The molecule has 22 heavy (non-hydrogen) atoms. The van der Waals surface area contributed by atoms with Crippen molar-refractivity contribution in [2.45, 2.75) is 24.6 Å². The van der Waals surface area contributed by atoms with E-state index in [2.05, 4.69) is 4.98 Å². The highest BCUT2D eigenvalue weighted by atomic mass is 35.5. The van der Waals surface area contributed by atoms with Crippen molar-refractivity contribution in [2.75, 3.05) is 0 Å². The van der Waals surface area contributed by atoms with Gasteiger partial charge in [-0.1, -0.05) is 17.7 Å². The normalized spacial score (nSPS) is 20.4. The molecule has 2 nitrogen and oxygen atoms in total. The standard InChI is InChI=1S/C15H12ClF3N2.ClH/c16-12-3-2-9(15(17,18)19)5-11(12)14-4-1-8(7-21-14)10-6-13(10)20;/h1-5,7,10,13H,6,20H2;1H. The van der Waals surface area contributed by atoms with E-state index in [9.17, 15) is 13.2 Å². The molecule has 7 heteroatoms. The Bertz CT molecular complexity index is 671. The van der Waals surface area contributed by atoms with Crippen molar-refractivity contribution in [3.63, 3.8) is 0 Å². The van der Waals surface area contributed by atoms with E-state index in [1.807, 2.05) is 6.07 Å². The van der Waals surface area contributed by atoms with Crippen molar-refractivity contribution in [1.29, 1.82) is 0 Å². The van der Waals surface area contributed by atoms with E-state index in [0.29, 0.717) is 11.6 Å². The summed E-state index contributed by atoms with van der Waals surface area (Å²) in [7, 11) is 0. The van der Waals surface area contributed by atoms with E-state index < -0.39 is 11.7 Å². The molecule has 1 aliphatic rings. The van der Waals surface area contributed by atoms with Crippen LogP contribution in [0.2, 0.25) is 5.02 Å². The van der Waals surface area contributed by atoms with Crippen molar-refractivity contribution in [3.8, 4) is 11.3 Å². The number of rotatable bonds is 2. The van der Waals surface area contributed by atoms with Crippen LogP contribution in [0.15, 0.2) is 36.5 Å². The van der Waals surface area contributed by atoms with Crippen molar-refractivity contribution in [1.82, 2.24) is 4.98 Å². The van der Waals surface area contributed by atoms with E-state index >= 15 is 0 Å². The van der Waals surface area contributed by atoms with Gasteiger partial charge in [0, 0.05) is 28.7 Å². The van der Waals surface area contributed by atoms with Crippen LogP contribution < -0.4 is 5.73 Å². The van der Waals surface area contributed by atoms with Crippen LogP contribution in [-0.2, 0) is 6.18 Å². The minimum absolute atomic E-state index is 0. The van der Waals surface area contributed by atoms with Crippen LogP contribution in [0.1, 0.15) is 23.5 Å². The van der Waals surface area contributed by atoms with E-state index in [-0.39, 0.29) is 29.0 Å². The van der Waals surface area contributed by atoms with E-state index in [1.54, 1.807) is 12.3 Å². The lowest BCUT2D eigenvalue weighted by molar-refractivity contribution is -0.137. The molecule has 1 aromatic carbocycles. The molecule has 0 bridgehead atoms. The monoisotopic (exact) mass is 348 g/mol. The van der Waals surface area contributed by atoms with Gasteiger partial charge in [0.15, 0.2) is 0 Å². The Morgan fingerprint density at radius 3 is 2.36 bits per heavy atom. The second kappa shape index (κ2) is 6.07. The zero-order valence-corrected chi connectivity index (χ0v) is 12.8. The summed E-state index contributed by atoms with van der Waals surface area (Å²) in [4.78, 5) is 4.22. The summed E-state index contributed by atoms with van der Waals surface area (Å²) in [6.07, 6.45) is -1.82. The van der Waals surface area contributed by atoms with Crippen molar-refractivity contribution >= 4 is 24.0 Å². The maximum Gasteiger partial charge on any atom is 0.416 e. The number of hydrogen-bond donors (Lipinski definition) is 1. The number of benzene rings is 1. The molecule has 1 aromatic heterocycles. The first kappa shape index (κ1) is 17.1. The average Bonchev–Trinajstić information content (AvgIpc) is 3.15. The topological polar surface area (TPSA) is 38.9 Å². The third kappa shape index (κ3) is 3.37. The Kier molecular flexibility index (Phi) is 4.70. The lowest BCUT2D eigenvalue weighted by Crippen LogP contribution is -2.05. The molecule has 1 aliphatic carbocycles. The summed E-state index contributed by atoms with van der Waals surface area (Å²) in [6, 6.07) is 6.91. The Morgan fingerprint density at radius 1 is 1.18 bits per heavy atom. The van der Waals surface area contributed by atoms with E-state index in [0.717, 1.165) is 24.1 Å². The summed E-state index contributed by atoms with van der Waals surface area (Å²) < 4.78 is 38.3. The minimum Gasteiger partial charge on any atom is -0.327 e. The Hall–Kier alpha value is -1.30. The fraction of sp³-hybridized carbons (Fsp3) is 0.267. The number of aromatic nitrogens is 1. The molecular weight excluding hydrogens is 336 g/mol. The van der Waals surface area contributed by atoms with Crippen LogP contribution in [0.4, 0.5) is 13.2 Å². The Balaban J connectivity index is 0.00000176. The molecule has 0 aliphatic heterocycles. The van der Waals surface area contributed by atoms with Gasteiger partial charge >= 0.3 is 6.18 Å². The summed E-state index contributed by atoms with van der Waals surface area (Å²) in [5.74, 6) is 0.309. The Morgan fingerprint density at radius 2 is 1.86 bits per heavy atom. The quantitative estimate of drug-likeness (QED) is 0.857. The summed E-state index contributed by atoms with van der Waals surface area (Å²) in [5, 5.41) is 0.242. The molecule has 0 spiro atoms. The molecule has 3 rings (SSSR count). The van der Waals surface area contributed by atoms with Gasteiger partial charge in [-0.2, -0.15) is 13.2 Å². The summed E-state index contributed by atoms with van der Waals surface area (Å²) in [5.41, 5.74) is 6.73. The molecule has 1 heterocycles. The highest BCUT2D eigenvalue weighted by molar-refractivity contribution is 6.33. The largest absolute Gasteiger partial charge is 0.416 e. The van der Waals surface area contributed by atoms with Crippen molar-refractivity contribution < 1.29 is 13.2 Å². The highest BCUT2D eigenvalue weighted by Gasteiger charge is 2.35. The summed E-state index contributed by atoms with van der Waals surface area (Å²) >= 11 is 5.99. The maximum absolute atomic E-state index is 12.8. The molecular formula is C15H13Cl2F3N2. The second-order valence-corrected chi connectivity index (χ2v) is 5.58. The first-order chi connectivity index (χ1) is 9.86. The fourth-order valence-corrected chi connectivity index (χ4v) is 2.49. The molecule has 0 saturated heterocycles. The van der Waals surface area contributed by atoms with Gasteiger partial charge in [-0.3, -0.25) is 4.98 Å². The first-order valence-corrected chi connectivity index (χ1v) is 6.82. The smallest absolute Gasteiger partial charge is 0.327 e. The molecule has 1 fully saturated rings. The third-order valence-corrected chi connectivity index (χ3v) is 3.95. The van der Waals surface area contributed by atoms with Gasteiger partial charge in [-0.25, -0.2) is 0 Å². The van der Waals surface area contributed by atoms with Crippen LogP contribution in [-0.4, -0.2) is 11.0 Å². The lowest BCUT2D eigenvalue weighted by Gasteiger charge is -2.10. The fourth-order valence-electron chi connectivity index (χ4n) is 2.28. The van der Waals surface area contributed by atoms with Crippen LogP contribution in [0.5, 0.6) is 0 Å². The van der Waals surface area contributed by atoms with E-state index in [4.69, 9.17) is 17.3 Å². The molecule has 0 amide bonds. The van der Waals surface area contributed by atoms with Crippen LogP contribution in [0.25, 0.3) is 11.3 Å². The number of pyridine rings is 1. The number of hydrogen-bond acceptors (Lipinski definition) is 2. The van der Waals surface area contributed by atoms with Crippen LogP contribution >= 0.6 is 24.0 Å². The molecule has 2 unspecified atom stereocenters. The van der Waals surface area contributed by atoms with E-state index in [1.165, 1.54) is 6.07 Å². The average molecular weight is 349 g/mol. The molecule has 2 N–H and O–H groups in total. The van der Waals surface area contributed by atoms with Gasteiger partial charge < -0.3 is 5.73 Å². The molecule has 118 valence electrons. The van der Waals surface area contributed by atoms with Gasteiger partial charge in [-0.15, -0.1) is 12.4 Å². The number of nitrogens with zero attached hydrogens (tertiary/aromatic N) is 1. The molecule has 2 aromatic rings. The zero-order chi connectivity index (χ0) is 15.2.